The Hall–Kier alpha value is -1.36. The molecule has 1 amide bonds. The maximum Gasteiger partial charge on any atom is 0.411 e. The Morgan fingerprint density at radius 1 is 1.73 bits per heavy atom. The molecule has 58 valence electrons. The zero-order chi connectivity index (χ0) is 8.27. The van der Waals surface area contributed by atoms with Crippen LogP contribution in [-0.2, 0) is 0 Å². The highest BCUT2D eigenvalue weighted by Crippen LogP contribution is 2.07. The second kappa shape index (κ2) is 3.16. The van der Waals surface area contributed by atoms with Gasteiger partial charge in [0.1, 0.15) is 0 Å². The normalized spacial score (nSPS) is 9.18. The molecule has 6 heteroatoms. The molecule has 1 rings (SSSR count). The average Bonchev–Trinajstić information content (AvgIpc) is 1.85. The summed E-state index contributed by atoms with van der Waals surface area (Å²) in [5.74, 6) is 0.0394. The maximum atomic E-state index is 10.2. The van der Waals surface area contributed by atoms with Gasteiger partial charge in [0.05, 0.1) is 0 Å². The first-order valence-electron chi connectivity index (χ1n) is 2.64. The summed E-state index contributed by atoms with van der Waals surface area (Å²) in [5.41, 5.74) is 4.71. The van der Waals surface area contributed by atoms with Gasteiger partial charge in [-0.1, -0.05) is 0 Å². The van der Waals surface area contributed by atoms with E-state index in [4.69, 9.17) is 17.3 Å². The predicted molar refractivity (Wildman–Crippen MR) is 37.3 cm³/mol. The number of carbonyl (C=O) groups excluding carboxylic acids is 1. The Balaban J connectivity index is 2.79. The molecule has 0 aliphatic carbocycles. The van der Waals surface area contributed by atoms with E-state index in [0.29, 0.717) is 0 Å². The Kier molecular flexibility index (Phi) is 2.22. The number of primary amides is 1. The first kappa shape index (κ1) is 7.74. The van der Waals surface area contributed by atoms with Crippen LogP contribution in [-0.4, -0.2) is 16.1 Å². The van der Waals surface area contributed by atoms with Gasteiger partial charge in [0.15, 0.2) is 0 Å². The highest BCUT2D eigenvalue weighted by Gasteiger charge is 1.99. The first-order chi connectivity index (χ1) is 5.18. The van der Waals surface area contributed by atoms with E-state index in [9.17, 15) is 4.79 Å². The number of nitrogens with two attached hydrogens (primary N) is 1. The zero-order valence-electron chi connectivity index (χ0n) is 5.32. The van der Waals surface area contributed by atoms with Crippen molar-refractivity contribution >= 4 is 17.7 Å². The lowest BCUT2D eigenvalue weighted by atomic mass is 10.6. The molecule has 0 fully saturated rings. The van der Waals surface area contributed by atoms with E-state index in [-0.39, 0.29) is 11.2 Å². The quantitative estimate of drug-likeness (QED) is 0.631. The third-order valence-corrected chi connectivity index (χ3v) is 0.988. The van der Waals surface area contributed by atoms with Gasteiger partial charge in [-0.15, -0.1) is 0 Å². The summed E-state index contributed by atoms with van der Waals surface area (Å²) in [6.45, 7) is 0. The van der Waals surface area contributed by atoms with Crippen LogP contribution in [0.2, 0.25) is 5.28 Å². The SMILES string of the molecule is NC(=O)Oc1ccnc(Cl)n1. The second-order valence-corrected chi connectivity index (χ2v) is 1.92. The van der Waals surface area contributed by atoms with Crippen LogP contribution >= 0.6 is 11.6 Å². The van der Waals surface area contributed by atoms with Crippen molar-refractivity contribution in [1.29, 1.82) is 0 Å². The van der Waals surface area contributed by atoms with Crippen LogP contribution in [0.4, 0.5) is 4.79 Å². The molecular weight excluding hydrogens is 170 g/mol. The van der Waals surface area contributed by atoms with E-state index < -0.39 is 6.09 Å². The lowest BCUT2D eigenvalue weighted by Crippen LogP contribution is -2.16. The minimum atomic E-state index is -0.931. The number of hydrogen-bond donors (Lipinski definition) is 1. The number of carbonyl (C=O) groups is 1. The number of halogens is 1. The average molecular weight is 174 g/mol. The summed E-state index contributed by atoms with van der Waals surface area (Å²) >= 11 is 5.37. The molecule has 1 aromatic heterocycles. The molecule has 0 saturated carbocycles. The van der Waals surface area contributed by atoms with Gasteiger partial charge in [0, 0.05) is 12.3 Å². The lowest BCUT2D eigenvalue weighted by Gasteiger charge is -1.96. The van der Waals surface area contributed by atoms with Gasteiger partial charge in [-0.25, -0.2) is 9.78 Å². The van der Waals surface area contributed by atoms with E-state index in [1.165, 1.54) is 12.3 Å². The number of rotatable bonds is 1. The van der Waals surface area contributed by atoms with Crippen LogP contribution in [0.15, 0.2) is 12.3 Å². The van der Waals surface area contributed by atoms with Crippen LogP contribution < -0.4 is 10.5 Å². The molecule has 1 heterocycles. The molecule has 0 bridgehead atoms. The predicted octanol–water partition coefficient (Wildman–Crippen LogP) is 0.588. The molecule has 5 nitrogen and oxygen atoms in total. The molecule has 0 aliphatic heterocycles. The van der Waals surface area contributed by atoms with Crippen LogP contribution in [0.3, 0.4) is 0 Å². The molecule has 2 N–H and O–H groups in total. The smallest absolute Gasteiger partial charge is 0.391 e. The maximum absolute atomic E-state index is 10.2. The van der Waals surface area contributed by atoms with E-state index in [1.807, 2.05) is 0 Å². The first-order valence-corrected chi connectivity index (χ1v) is 3.02. The minimum Gasteiger partial charge on any atom is -0.391 e. The highest BCUT2D eigenvalue weighted by molar-refractivity contribution is 6.28. The summed E-state index contributed by atoms with van der Waals surface area (Å²) in [4.78, 5) is 17.3. The molecule has 0 radical (unpaired) electrons. The summed E-state index contributed by atoms with van der Waals surface area (Å²) in [5, 5.41) is 0.00347. The Morgan fingerprint density at radius 3 is 3.00 bits per heavy atom. The van der Waals surface area contributed by atoms with Crippen molar-refractivity contribution in [3.63, 3.8) is 0 Å². The summed E-state index contributed by atoms with van der Waals surface area (Å²) in [7, 11) is 0. The molecule has 0 spiro atoms. The van der Waals surface area contributed by atoms with Gasteiger partial charge >= 0.3 is 6.09 Å². The lowest BCUT2D eigenvalue weighted by molar-refractivity contribution is 0.209. The Bertz CT molecular complexity index is 278. The van der Waals surface area contributed by atoms with Gasteiger partial charge in [-0.3, -0.25) is 0 Å². The van der Waals surface area contributed by atoms with Crippen molar-refractivity contribution in [3.05, 3.63) is 17.5 Å². The molecule has 0 saturated heterocycles. The van der Waals surface area contributed by atoms with Crippen LogP contribution in [0.5, 0.6) is 5.88 Å². The molecule has 0 aliphatic rings. The van der Waals surface area contributed by atoms with Crippen molar-refractivity contribution in [1.82, 2.24) is 9.97 Å². The third kappa shape index (κ3) is 2.38. The molecule has 0 aromatic carbocycles. The highest BCUT2D eigenvalue weighted by atomic mass is 35.5. The topological polar surface area (TPSA) is 78.1 Å². The van der Waals surface area contributed by atoms with Crippen LogP contribution in [0.1, 0.15) is 0 Å². The molecule has 0 unspecified atom stereocenters. The van der Waals surface area contributed by atoms with Gasteiger partial charge in [0.25, 0.3) is 0 Å². The van der Waals surface area contributed by atoms with Gasteiger partial charge in [0.2, 0.25) is 11.2 Å². The fraction of sp³-hybridized carbons (Fsp3) is 0. The summed E-state index contributed by atoms with van der Waals surface area (Å²) < 4.78 is 4.40. The van der Waals surface area contributed by atoms with E-state index in [1.54, 1.807) is 0 Å². The molecule has 11 heavy (non-hydrogen) atoms. The number of aromatic nitrogens is 2. The van der Waals surface area contributed by atoms with Crippen molar-refractivity contribution in [2.24, 2.45) is 5.73 Å². The van der Waals surface area contributed by atoms with E-state index in [2.05, 4.69) is 14.7 Å². The van der Waals surface area contributed by atoms with E-state index in [0.717, 1.165) is 0 Å². The van der Waals surface area contributed by atoms with Crippen molar-refractivity contribution < 1.29 is 9.53 Å². The Morgan fingerprint density at radius 2 is 2.45 bits per heavy atom. The van der Waals surface area contributed by atoms with E-state index >= 15 is 0 Å². The fourth-order valence-corrected chi connectivity index (χ4v) is 0.619. The number of amides is 1. The molecule has 1 aromatic rings. The van der Waals surface area contributed by atoms with Gasteiger partial charge in [-0.2, -0.15) is 4.98 Å². The zero-order valence-corrected chi connectivity index (χ0v) is 6.08. The summed E-state index contributed by atoms with van der Waals surface area (Å²) in [6.07, 6.45) is 0.424. The largest absolute Gasteiger partial charge is 0.411 e. The van der Waals surface area contributed by atoms with Crippen LogP contribution in [0.25, 0.3) is 0 Å². The third-order valence-electron chi connectivity index (χ3n) is 0.806. The molecule has 0 atom stereocenters. The van der Waals surface area contributed by atoms with Crippen molar-refractivity contribution in [2.75, 3.05) is 0 Å². The number of hydrogen-bond acceptors (Lipinski definition) is 4. The monoisotopic (exact) mass is 173 g/mol. The number of nitrogens with zero attached hydrogens (tertiary/aromatic N) is 2. The minimum absolute atomic E-state index is 0.00347. The fourth-order valence-electron chi connectivity index (χ4n) is 0.480. The van der Waals surface area contributed by atoms with Crippen LogP contribution in [0, 0.1) is 0 Å². The van der Waals surface area contributed by atoms with Crippen molar-refractivity contribution in [2.45, 2.75) is 0 Å². The second-order valence-electron chi connectivity index (χ2n) is 1.59. The van der Waals surface area contributed by atoms with Crippen molar-refractivity contribution in [3.8, 4) is 5.88 Å². The standard InChI is InChI=1S/C5H4ClN3O2/c6-4-8-2-1-3(9-4)11-5(7)10/h1-2H,(H2,7,10). The molecular formula is C5H4ClN3O2. The number of ether oxygens (including phenoxy) is 1. The van der Waals surface area contributed by atoms with Gasteiger partial charge in [-0.05, 0) is 11.6 Å². The summed E-state index contributed by atoms with van der Waals surface area (Å²) in [6, 6.07) is 1.37. The van der Waals surface area contributed by atoms with Gasteiger partial charge < -0.3 is 10.5 Å². The Labute approximate surface area is 67.2 Å².